The summed E-state index contributed by atoms with van der Waals surface area (Å²) in [5.41, 5.74) is 8.83. The Labute approximate surface area is 126 Å². The Kier molecular flexibility index (Phi) is 4.98. The van der Waals surface area contributed by atoms with E-state index in [4.69, 9.17) is 20.2 Å². The number of fused-ring (bicyclic) bond motifs is 1. The van der Waals surface area contributed by atoms with Crippen LogP contribution in [-0.4, -0.2) is 29.9 Å². The first-order valence-corrected chi connectivity index (χ1v) is 7.25. The van der Waals surface area contributed by atoms with E-state index in [1.165, 1.54) is 0 Å². The molecule has 0 aliphatic rings. The molecule has 0 aliphatic carbocycles. The Morgan fingerprint density at radius 1 is 1.24 bits per heavy atom. The smallest absolute Gasteiger partial charge is 0.136 e. The number of hydrogen-bond donors (Lipinski definition) is 1. The van der Waals surface area contributed by atoms with Gasteiger partial charge in [0, 0.05) is 19.2 Å². The molecule has 0 bridgehead atoms. The lowest BCUT2D eigenvalue weighted by Gasteiger charge is -2.24. The molecule has 0 spiro atoms. The molecule has 0 saturated carbocycles. The van der Waals surface area contributed by atoms with Crippen LogP contribution in [0.25, 0.3) is 11.0 Å². The zero-order valence-electron chi connectivity index (χ0n) is 13.3. The molecular formula is C16H25N3O2. The van der Waals surface area contributed by atoms with Crippen molar-refractivity contribution in [2.24, 2.45) is 5.73 Å². The summed E-state index contributed by atoms with van der Waals surface area (Å²) in [7, 11) is 1.67. The van der Waals surface area contributed by atoms with Crippen LogP contribution in [0, 0.1) is 0 Å². The van der Waals surface area contributed by atoms with E-state index >= 15 is 0 Å². The maximum absolute atomic E-state index is 5.71. The molecule has 2 aromatic rings. The lowest BCUT2D eigenvalue weighted by Crippen LogP contribution is -2.24. The number of aromatic nitrogens is 2. The van der Waals surface area contributed by atoms with Gasteiger partial charge in [-0.25, -0.2) is 4.98 Å². The largest absolute Gasteiger partial charge is 0.382 e. The number of benzene rings is 1. The molecule has 5 nitrogen and oxygen atoms in total. The van der Waals surface area contributed by atoms with Gasteiger partial charge < -0.3 is 19.8 Å². The second-order valence-electron chi connectivity index (χ2n) is 6.11. The fraction of sp³-hybridized carbons (Fsp3) is 0.562. The maximum Gasteiger partial charge on any atom is 0.136 e. The third kappa shape index (κ3) is 3.61. The van der Waals surface area contributed by atoms with Gasteiger partial charge in [0.15, 0.2) is 0 Å². The van der Waals surface area contributed by atoms with Gasteiger partial charge in [-0.05, 0) is 38.5 Å². The van der Waals surface area contributed by atoms with E-state index in [-0.39, 0.29) is 5.54 Å². The highest BCUT2D eigenvalue weighted by Gasteiger charge is 2.21. The fourth-order valence-corrected chi connectivity index (χ4v) is 2.45. The Hall–Kier alpha value is -1.43. The van der Waals surface area contributed by atoms with Crippen molar-refractivity contribution in [3.8, 4) is 0 Å². The number of nitrogens with two attached hydrogens (primary N) is 1. The minimum Gasteiger partial charge on any atom is -0.382 e. The number of nitrogens with zero attached hydrogens (tertiary/aromatic N) is 2. The summed E-state index contributed by atoms with van der Waals surface area (Å²) in [5, 5.41) is 0. The first kappa shape index (κ1) is 15.9. The molecular weight excluding hydrogens is 266 g/mol. The first-order valence-electron chi connectivity index (χ1n) is 7.25. The van der Waals surface area contributed by atoms with Crippen LogP contribution in [0.4, 0.5) is 0 Å². The van der Waals surface area contributed by atoms with Crippen LogP contribution in [0.5, 0.6) is 0 Å². The van der Waals surface area contributed by atoms with Crippen LogP contribution in [0.15, 0.2) is 18.2 Å². The summed E-state index contributed by atoms with van der Waals surface area (Å²) in [4.78, 5) is 4.73. The van der Waals surface area contributed by atoms with E-state index in [0.717, 1.165) is 22.4 Å². The van der Waals surface area contributed by atoms with E-state index in [2.05, 4.69) is 43.5 Å². The van der Waals surface area contributed by atoms with E-state index in [0.29, 0.717) is 26.4 Å². The summed E-state index contributed by atoms with van der Waals surface area (Å²) >= 11 is 0. The number of rotatable bonds is 6. The number of ether oxygens (including phenoxy) is 2. The molecule has 5 heteroatoms. The van der Waals surface area contributed by atoms with Crippen molar-refractivity contribution < 1.29 is 9.47 Å². The summed E-state index contributed by atoms with van der Waals surface area (Å²) in [6.07, 6.45) is 0. The molecule has 1 aromatic heterocycles. The van der Waals surface area contributed by atoms with Crippen molar-refractivity contribution in [3.63, 3.8) is 0 Å². The SMILES string of the molecule is COCCOCc1nc2cc(CN)ccc2n1C(C)(C)C. The molecule has 0 saturated heterocycles. The standard InChI is InChI=1S/C16H25N3O2/c1-16(2,3)19-14-6-5-12(10-17)9-13(14)18-15(19)11-21-8-7-20-4/h5-6,9H,7-8,10-11,17H2,1-4H3. The van der Waals surface area contributed by atoms with E-state index < -0.39 is 0 Å². The topological polar surface area (TPSA) is 62.3 Å². The van der Waals surface area contributed by atoms with E-state index in [9.17, 15) is 0 Å². The second kappa shape index (κ2) is 6.56. The van der Waals surface area contributed by atoms with Gasteiger partial charge in [-0.15, -0.1) is 0 Å². The van der Waals surface area contributed by atoms with Crippen LogP contribution in [0.3, 0.4) is 0 Å². The Morgan fingerprint density at radius 2 is 2.00 bits per heavy atom. The molecule has 0 aliphatic heterocycles. The number of hydrogen-bond acceptors (Lipinski definition) is 4. The third-order valence-electron chi connectivity index (χ3n) is 3.36. The van der Waals surface area contributed by atoms with Crippen molar-refractivity contribution in [2.75, 3.05) is 20.3 Å². The van der Waals surface area contributed by atoms with Gasteiger partial charge in [0.05, 0.1) is 24.2 Å². The Morgan fingerprint density at radius 3 is 2.62 bits per heavy atom. The lowest BCUT2D eigenvalue weighted by molar-refractivity contribution is 0.0561. The minimum atomic E-state index is -0.0566. The molecule has 1 aromatic carbocycles. The van der Waals surface area contributed by atoms with Gasteiger partial charge in [-0.1, -0.05) is 6.07 Å². The van der Waals surface area contributed by atoms with Crippen molar-refractivity contribution in [1.29, 1.82) is 0 Å². The molecule has 0 atom stereocenters. The van der Waals surface area contributed by atoms with Gasteiger partial charge >= 0.3 is 0 Å². The normalized spacial score (nSPS) is 12.2. The van der Waals surface area contributed by atoms with Crippen molar-refractivity contribution in [1.82, 2.24) is 9.55 Å². The Balaban J connectivity index is 2.37. The van der Waals surface area contributed by atoms with E-state index in [1.54, 1.807) is 7.11 Å². The molecule has 0 radical (unpaired) electrons. The van der Waals surface area contributed by atoms with Crippen LogP contribution in [-0.2, 0) is 28.2 Å². The third-order valence-corrected chi connectivity index (χ3v) is 3.36. The molecule has 2 N–H and O–H groups in total. The lowest BCUT2D eigenvalue weighted by atomic mass is 10.1. The molecule has 0 fully saturated rings. The zero-order valence-corrected chi connectivity index (χ0v) is 13.3. The molecule has 21 heavy (non-hydrogen) atoms. The number of imidazole rings is 1. The van der Waals surface area contributed by atoms with Gasteiger partial charge in [-0.3, -0.25) is 0 Å². The average Bonchev–Trinajstić information content (AvgIpc) is 2.80. The summed E-state index contributed by atoms with van der Waals surface area (Å²) in [5.74, 6) is 0.933. The van der Waals surface area contributed by atoms with Crippen molar-refractivity contribution in [3.05, 3.63) is 29.6 Å². The zero-order chi connectivity index (χ0) is 15.5. The van der Waals surface area contributed by atoms with Crippen LogP contribution >= 0.6 is 0 Å². The highest BCUT2D eigenvalue weighted by atomic mass is 16.5. The van der Waals surface area contributed by atoms with Crippen LogP contribution in [0.1, 0.15) is 32.2 Å². The van der Waals surface area contributed by atoms with Crippen LogP contribution < -0.4 is 5.73 Å². The highest BCUT2D eigenvalue weighted by molar-refractivity contribution is 5.77. The molecule has 1 heterocycles. The average molecular weight is 291 g/mol. The molecule has 2 rings (SSSR count). The first-order chi connectivity index (χ1) is 9.97. The number of methoxy groups -OCH3 is 1. The highest BCUT2D eigenvalue weighted by Crippen LogP contribution is 2.26. The summed E-state index contributed by atoms with van der Waals surface area (Å²) in [6.45, 7) is 8.67. The molecule has 0 amide bonds. The van der Waals surface area contributed by atoms with Crippen molar-refractivity contribution in [2.45, 2.75) is 39.5 Å². The predicted octanol–water partition coefficient (Wildman–Crippen LogP) is 2.41. The van der Waals surface area contributed by atoms with Gasteiger partial charge in [0.1, 0.15) is 12.4 Å². The van der Waals surface area contributed by atoms with Crippen LogP contribution in [0.2, 0.25) is 0 Å². The predicted molar refractivity (Wildman–Crippen MR) is 84.2 cm³/mol. The minimum absolute atomic E-state index is 0.0566. The quantitative estimate of drug-likeness (QED) is 0.830. The second-order valence-corrected chi connectivity index (χ2v) is 6.11. The molecule has 0 unspecified atom stereocenters. The van der Waals surface area contributed by atoms with E-state index in [1.807, 2.05) is 0 Å². The maximum atomic E-state index is 5.71. The van der Waals surface area contributed by atoms with Gasteiger partial charge in [0.2, 0.25) is 0 Å². The van der Waals surface area contributed by atoms with Gasteiger partial charge in [-0.2, -0.15) is 0 Å². The summed E-state index contributed by atoms with van der Waals surface area (Å²) < 4.78 is 12.9. The molecule has 116 valence electrons. The fourth-order valence-electron chi connectivity index (χ4n) is 2.45. The summed E-state index contributed by atoms with van der Waals surface area (Å²) in [6, 6.07) is 6.20. The van der Waals surface area contributed by atoms with Crippen molar-refractivity contribution >= 4 is 11.0 Å². The monoisotopic (exact) mass is 291 g/mol. The Bertz CT molecular complexity index is 599. The van der Waals surface area contributed by atoms with Gasteiger partial charge in [0.25, 0.3) is 0 Å².